The van der Waals surface area contributed by atoms with Crippen molar-refractivity contribution in [1.82, 2.24) is 5.43 Å². The molecule has 154 valence electrons. The number of hydrazine groups is 1. The number of methoxy groups -OCH3 is 1. The smallest absolute Gasteiger partial charge is 0.287 e. The zero-order valence-corrected chi connectivity index (χ0v) is 16.2. The van der Waals surface area contributed by atoms with Gasteiger partial charge >= 0.3 is 0 Å². The molecule has 2 aromatic carbocycles. The number of anilines is 1. The summed E-state index contributed by atoms with van der Waals surface area (Å²) in [7, 11) is 1.50. The Morgan fingerprint density at radius 1 is 1.24 bits per heavy atom. The van der Waals surface area contributed by atoms with Crippen molar-refractivity contribution >= 4 is 17.3 Å². The predicted molar refractivity (Wildman–Crippen MR) is 101 cm³/mol. The van der Waals surface area contributed by atoms with Crippen molar-refractivity contribution in [2.75, 3.05) is 18.7 Å². The number of benzene rings is 2. The molecule has 0 bridgehead atoms. The molecule has 2 aromatic rings. The zero-order valence-electron chi connectivity index (χ0n) is 16.2. The molecule has 1 aliphatic heterocycles. The highest BCUT2D eigenvalue weighted by Crippen LogP contribution is 2.33. The molecule has 9 heteroatoms. The number of carbonyl (C=O) groups is 1. The van der Waals surface area contributed by atoms with Crippen LogP contribution in [0.1, 0.15) is 19.4 Å². The van der Waals surface area contributed by atoms with Crippen molar-refractivity contribution in [2.24, 2.45) is 0 Å². The Bertz CT molecular complexity index is 931. The lowest BCUT2D eigenvalue weighted by Crippen LogP contribution is -2.47. The highest BCUT2D eigenvalue weighted by Gasteiger charge is 2.58. The molecule has 1 N–H and O–H groups in total. The summed E-state index contributed by atoms with van der Waals surface area (Å²) in [6, 6.07) is 10.1. The standard InChI is InChI=1S/C20H21F3N3O3/c1-13-20(23,12-25(28)16-6-4-5-14(11-16)19(2,21)22)18(27)26(24-13)15-7-9-17(29-3)10-8-15/h4-11,13,24H,12H2,1-3H3/q+1. The summed E-state index contributed by atoms with van der Waals surface area (Å²) in [5.41, 5.74) is 0.0382. The van der Waals surface area contributed by atoms with Gasteiger partial charge in [0.05, 0.1) is 18.8 Å². The van der Waals surface area contributed by atoms with Gasteiger partial charge in [0.15, 0.2) is 0 Å². The predicted octanol–water partition coefficient (Wildman–Crippen LogP) is 3.87. The molecular weight excluding hydrogens is 387 g/mol. The summed E-state index contributed by atoms with van der Waals surface area (Å²) in [5, 5.41) is 1.04. The molecule has 1 aliphatic rings. The maximum Gasteiger partial charge on any atom is 0.287 e. The average molecular weight is 408 g/mol. The monoisotopic (exact) mass is 408 g/mol. The Morgan fingerprint density at radius 2 is 1.90 bits per heavy atom. The van der Waals surface area contributed by atoms with E-state index in [9.17, 15) is 18.5 Å². The van der Waals surface area contributed by atoms with E-state index in [1.807, 2.05) is 0 Å². The Balaban J connectivity index is 1.82. The minimum Gasteiger partial charge on any atom is -0.497 e. The van der Waals surface area contributed by atoms with E-state index in [1.165, 1.54) is 32.2 Å². The molecule has 0 spiro atoms. The molecule has 6 nitrogen and oxygen atoms in total. The van der Waals surface area contributed by atoms with Gasteiger partial charge in [-0.15, -0.1) is 0 Å². The van der Waals surface area contributed by atoms with Crippen molar-refractivity contribution in [3.8, 4) is 5.75 Å². The van der Waals surface area contributed by atoms with E-state index in [0.717, 1.165) is 11.1 Å². The molecule has 0 saturated carbocycles. The van der Waals surface area contributed by atoms with Gasteiger partial charge in [-0.3, -0.25) is 4.79 Å². The first-order valence-electron chi connectivity index (χ1n) is 8.93. The zero-order chi connectivity index (χ0) is 21.4. The molecule has 2 atom stereocenters. The van der Waals surface area contributed by atoms with Crippen LogP contribution in [-0.4, -0.2) is 36.0 Å². The number of amides is 1. The Labute approximate surface area is 165 Å². The summed E-state index contributed by atoms with van der Waals surface area (Å²) in [6.45, 7) is 1.30. The van der Waals surface area contributed by atoms with Crippen molar-refractivity contribution in [2.45, 2.75) is 31.5 Å². The highest BCUT2D eigenvalue weighted by atomic mass is 19.3. The SMILES string of the molecule is COc1ccc(N2NC(C)C(F)(C[N+](=O)c3cccc(C(C)(F)F)c3)C2=O)cc1. The van der Waals surface area contributed by atoms with Crippen LogP contribution in [-0.2, 0) is 10.7 Å². The van der Waals surface area contributed by atoms with Crippen LogP contribution >= 0.6 is 0 Å². The van der Waals surface area contributed by atoms with E-state index in [1.54, 1.807) is 24.3 Å². The average Bonchev–Trinajstić information content (AvgIpc) is 2.91. The summed E-state index contributed by atoms with van der Waals surface area (Å²) >= 11 is 0. The van der Waals surface area contributed by atoms with Crippen molar-refractivity contribution < 1.29 is 27.5 Å². The lowest BCUT2D eigenvalue weighted by atomic mass is 9.98. The van der Waals surface area contributed by atoms with E-state index in [4.69, 9.17) is 4.74 Å². The van der Waals surface area contributed by atoms with Crippen LogP contribution in [0.4, 0.5) is 24.5 Å². The largest absolute Gasteiger partial charge is 0.497 e. The molecular formula is C20H21F3N3O3+. The highest BCUT2D eigenvalue weighted by molar-refractivity contribution is 6.01. The maximum atomic E-state index is 15.6. The second kappa shape index (κ2) is 7.47. The number of rotatable bonds is 6. The Hall–Kier alpha value is -2.94. The third-order valence-corrected chi connectivity index (χ3v) is 4.91. The second-order valence-corrected chi connectivity index (χ2v) is 7.03. The van der Waals surface area contributed by atoms with Crippen LogP contribution in [0.3, 0.4) is 0 Å². The molecule has 29 heavy (non-hydrogen) atoms. The number of hydrogen-bond donors (Lipinski definition) is 1. The van der Waals surface area contributed by atoms with Crippen molar-refractivity contribution in [3.05, 3.63) is 59.0 Å². The summed E-state index contributed by atoms with van der Waals surface area (Å²) in [5.74, 6) is -3.51. The molecule has 2 unspecified atom stereocenters. The summed E-state index contributed by atoms with van der Waals surface area (Å²) in [6.07, 6.45) is 0. The van der Waals surface area contributed by atoms with Gasteiger partial charge in [0.25, 0.3) is 23.2 Å². The molecule has 0 aromatic heterocycles. The molecule has 1 heterocycles. The van der Waals surface area contributed by atoms with E-state index in [0.29, 0.717) is 18.4 Å². The van der Waals surface area contributed by atoms with Crippen LogP contribution in [0.5, 0.6) is 5.75 Å². The number of halogens is 3. The molecule has 1 amide bonds. The first-order valence-corrected chi connectivity index (χ1v) is 8.93. The van der Waals surface area contributed by atoms with Gasteiger partial charge in [0.2, 0.25) is 6.54 Å². The van der Waals surface area contributed by atoms with Gasteiger partial charge in [0, 0.05) is 34.3 Å². The number of carbonyl (C=O) groups excluding carboxylic acids is 1. The normalized spacial score (nSPS) is 22.1. The van der Waals surface area contributed by atoms with Gasteiger partial charge in [-0.2, -0.15) is 0 Å². The fourth-order valence-corrected chi connectivity index (χ4v) is 3.09. The number of hydrogen-bond acceptors (Lipinski definition) is 4. The fraction of sp³-hybridized carbons (Fsp3) is 0.350. The molecule has 0 aliphatic carbocycles. The van der Waals surface area contributed by atoms with E-state index >= 15 is 4.39 Å². The van der Waals surface area contributed by atoms with Crippen LogP contribution < -0.4 is 15.2 Å². The third kappa shape index (κ3) is 3.95. The quantitative estimate of drug-likeness (QED) is 0.738. The molecule has 1 saturated heterocycles. The Morgan fingerprint density at radius 3 is 2.48 bits per heavy atom. The maximum absolute atomic E-state index is 15.6. The summed E-state index contributed by atoms with van der Waals surface area (Å²) in [4.78, 5) is 25.3. The topological polar surface area (TPSA) is 61.6 Å². The minimum absolute atomic E-state index is 0.149. The van der Waals surface area contributed by atoms with Crippen LogP contribution in [0, 0.1) is 4.91 Å². The molecule has 0 radical (unpaired) electrons. The van der Waals surface area contributed by atoms with Crippen molar-refractivity contribution in [1.29, 1.82) is 0 Å². The van der Waals surface area contributed by atoms with Gasteiger partial charge in [0.1, 0.15) is 5.75 Å². The second-order valence-electron chi connectivity index (χ2n) is 7.03. The Kier molecular flexibility index (Phi) is 5.36. The van der Waals surface area contributed by atoms with E-state index < -0.39 is 30.1 Å². The summed E-state index contributed by atoms with van der Waals surface area (Å²) < 4.78 is 47.9. The van der Waals surface area contributed by atoms with Crippen LogP contribution in [0.15, 0.2) is 48.5 Å². The van der Waals surface area contributed by atoms with Gasteiger partial charge in [-0.25, -0.2) is 23.6 Å². The lowest BCUT2D eigenvalue weighted by molar-refractivity contribution is -0.477. The lowest BCUT2D eigenvalue weighted by Gasteiger charge is -2.17. The first kappa shape index (κ1) is 20.8. The van der Waals surface area contributed by atoms with Gasteiger partial charge < -0.3 is 4.74 Å². The number of ether oxygens (including phenoxy) is 1. The number of alkyl halides is 3. The fourth-order valence-electron chi connectivity index (χ4n) is 3.09. The van der Waals surface area contributed by atoms with Gasteiger partial charge in [-0.05, 0) is 31.2 Å². The first-order chi connectivity index (χ1) is 13.6. The van der Waals surface area contributed by atoms with E-state index in [-0.39, 0.29) is 16.0 Å². The van der Waals surface area contributed by atoms with Crippen LogP contribution in [0.25, 0.3) is 0 Å². The number of nitrogens with one attached hydrogen (secondary N) is 1. The van der Waals surface area contributed by atoms with E-state index in [2.05, 4.69) is 5.43 Å². The number of nitrogens with zero attached hydrogens (tertiary/aromatic N) is 2. The number of nitroso groups, excluding NO2 is 1. The minimum atomic E-state index is -3.15. The van der Waals surface area contributed by atoms with Gasteiger partial charge in [-0.1, -0.05) is 12.1 Å². The van der Waals surface area contributed by atoms with Crippen molar-refractivity contribution in [3.63, 3.8) is 0 Å². The molecule has 3 rings (SSSR count). The van der Waals surface area contributed by atoms with Crippen LogP contribution in [0.2, 0.25) is 0 Å². The molecule has 1 fully saturated rings. The third-order valence-electron chi connectivity index (χ3n) is 4.91.